The highest BCUT2D eigenvalue weighted by molar-refractivity contribution is 6.30. The molecular formula is C20H18ClN5O2. The number of carbonyl (C=O) groups excluding carboxylic acids is 1. The molecule has 7 nitrogen and oxygen atoms in total. The second-order valence-electron chi connectivity index (χ2n) is 6.37. The number of amides is 1. The van der Waals surface area contributed by atoms with Crippen LogP contribution in [-0.2, 0) is 4.79 Å². The number of hydrogen-bond acceptors (Lipinski definition) is 5. The van der Waals surface area contributed by atoms with Gasteiger partial charge in [-0.2, -0.15) is 10.1 Å². The molecule has 0 saturated carbocycles. The lowest BCUT2D eigenvalue weighted by Gasteiger charge is -2.33. The number of rotatable bonds is 4. The van der Waals surface area contributed by atoms with Gasteiger partial charge in [0.25, 0.3) is 0 Å². The minimum Gasteiger partial charge on any atom is -0.497 e. The molecule has 142 valence electrons. The maximum Gasteiger partial charge on any atom is 0.235 e. The molecule has 0 radical (unpaired) electrons. The smallest absolute Gasteiger partial charge is 0.235 e. The van der Waals surface area contributed by atoms with E-state index in [9.17, 15) is 4.79 Å². The first kappa shape index (κ1) is 18.1. The van der Waals surface area contributed by atoms with Gasteiger partial charge in [-0.25, -0.2) is 4.68 Å². The number of methoxy groups -OCH3 is 1. The summed E-state index contributed by atoms with van der Waals surface area (Å²) < 4.78 is 6.84. The molecule has 1 aliphatic heterocycles. The van der Waals surface area contributed by atoms with Crippen LogP contribution in [0.5, 0.6) is 5.75 Å². The molecule has 0 spiro atoms. The van der Waals surface area contributed by atoms with Crippen molar-refractivity contribution < 1.29 is 9.53 Å². The molecule has 4 rings (SSSR count). The van der Waals surface area contributed by atoms with E-state index in [1.165, 1.54) is 6.33 Å². The maximum atomic E-state index is 13.2. The van der Waals surface area contributed by atoms with Crippen molar-refractivity contribution in [2.45, 2.75) is 6.04 Å². The Kier molecular flexibility index (Phi) is 4.75. The summed E-state index contributed by atoms with van der Waals surface area (Å²) in [5, 5.41) is 10.9. The van der Waals surface area contributed by atoms with Gasteiger partial charge in [0, 0.05) is 16.4 Å². The van der Waals surface area contributed by atoms with E-state index in [0.29, 0.717) is 28.1 Å². The number of fused-ring (bicyclic) bond motifs is 1. The molecule has 0 unspecified atom stereocenters. The summed E-state index contributed by atoms with van der Waals surface area (Å²) in [7, 11) is 1.59. The first-order chi connectivity index (χ1) is 13.6. The summed E-state index contributed by atoms with van der Waals surface area (Å²) in [5.41, 5.74) is 2.04. The van der Waals surface area contributed by atoms with Crippen molar-refractivity contribution in [2.24, 2.45) is 5.92 Å². The van der Waals surface area contributed by atoms with Crippen molar-refractivity contribution >= 4 is 29.1 Å². The average molecular weight is 396 g/mol. The number of nitrogens with one attached hydrogen (secondary N) is 2. The van der Waals surface area contributed by atoms with E-state index in [1.807, 2.05) is 18.2 Å². The molecule has 0 fully saturated rings. The number of nitrogens with zero attached hydrogens (tertiary/aromatic N) is 3. The lowest BCUT2D eigenvalue weighted by molar-refractivity contribution is -0.119. The van der Waals surface area contributed by atoms with Crippen molar-refractivity contribution in [3.63, 3.8) is 0 Å². The molecular weight excluding hydrogens is 378 g/mol. The van der Waals surface area contributed by atoms with Crippen LogP contribution in [0.4, 0.5) is 11.6 Å². The van der Waals surface area contributed by atoms with E-state index in [2.05, 4.69) is 27.3 Å². The van der Waals surface area contributed by atoms with Crippen molar-refractivity contribution in [1.82, 2.24) is 14.8 Å². The molecule has 0 bridgehead atoms. The number of hydrogen-bond donors (Lipinski definition) is 2. The van der Waals surface area contributed by atoms with E-state index >= 15 is 0 Å². The molecule has 3 aromatic rings. The fraction of sp³-hybridized carbons (Fsp3) is 0.150. The van der Waals surface area contributed by atoms with E-state index < -0.39 is 12.0 Å². The predicted octanol–water partition coefficient (Wildman–Crippen LogP) is 3.72. The van der Waals surface area contributed by atoms with E-state index in [-0.39, 0.29) is 5.91 Å². The third-order valence-corrected chi connectivity index (χ3v) is 4.87. The fourth-order valence-electron chi connectivity index (χ4n) is 3.32. The molecule has 8 heteroatoms. The van der Waals surface area contributed by atoms with E-state index in [1.54, 1.807) is 42.1 Å². The predicted molar refractivity (Wildman–Crippen MR) is 107 cm³/mol. The molecule has 1 aromatic heterocycles. The van der Waals surface area contributed by atoms with Crippen LogP contribution in [-0.4, -0.2) is 27.8 Å². The van der Waals surface area contributed by atoms with Crippen molar-refractivity contribution in [2.75, 3.05) is 17.7 Å². The number of aromatic nitrogens is 3. The van der Waals surface area contributed by atoms with Crippen LogP contribution in [0.2, 0.25) is 5.02 Å². The van der Waals surface area contributed by atoms with Crippen LogP contribution in [0, 0.1) is 5.92 Å². The second-order valence-corrected chi connectivity index (χ2v) is 6.81. The Labute approximate surface area is 167 Å². The molecule has 0 aliphatic carbocycles. The highest BCUT2D eigenvalue weighted by Crippen LogP contribution is 2.38. The minimum absolute atomic E-state index is 0.214. The normalized spacial score (nSPS) is 18.1. The minimum atomic E-state index is -0.616. The molecule has 2 N–H and O–H groups in total. The zero-order valence-corrected chi connectivity index (χ0v) is 15.8. The van der Waals surface area contributed by atoms with Gasteiger partial charge in [0.1, 0.15) is 18.0 Å². The van der Waals surface area contributed by atoms with Gasteiger partial charge >= 0.3 is 0 Å². The van der Waals surface area contributed by atoms with Gasteiger partial charge in [0.15, 0.2) is 0 Å². The largest absolute Gasteiger partial charge is 0.497 e. The molecule has 2 atom stereocenters. The SMILES string of the molecule is C=C1Nc2ncnn2[C@H](c2cccc(Cl)c2)[C@H]1C(=O)Nc1ccc(OC)cc1. The Hall–Kier alpha value is -3.32. The molecule has 1 aliphatic rings. The summed E-state index contributed by atoms with van der Waals surface area (Å²) in [6, 6.07) is 14.1. The van der Waals surface area contributed by atoms with Crippen molar-refractivity contribution in [3.05, 3.63) is 77.7 Å². The van der Waals surface area contributed by atoms with Crippen molar-refractivity contribution in [3.8, 4) is 5.75 Å². The van der Waals surface area contributed by atoms with Crippen LogP contribution in [0.25, 0.3) is 0 Å². The van der Waals surface area contributed by atoms with Gasteiger partial charge < -0.3 is 15.4 Å². The van der Waals surface area contributed by atoms with Gasteiger partial charge in [-0.1, -0.05) is 30.3 Å². The lowest BCUT2D eigenvalue weighted by atomic mass is 9.88. The van der Waals surface area contributed by atoms with Crippen LogP contribution in [0.3, 0.4) is 0 Å². The summed E-state index contributed by atoms with van der Waals surface area (Å²) in [6.07, 6.45) is 1.44. The zero-order valence-electron chi connectivity index (χ0n) is 15.1. The van der Waals surface area contributed by atoms with E-state index in [0.717, 1.165) is 5.56 Å². The number of halogens is 1. The van der Waals surface area contributed by atoms with Crippen LogP contribution >= 0.6 is 11.6 Å². The Bertz CT molecular complexity index is 1030. The molecule has 0 saturated heterocycles. The standard InChI is InChI=1S/C20H18ClN5O2/c1-12-17(19(27)25-15-6-8-16(28-2)9-7-15)18(13-4-3-5-14(21)10-13)26-20(24-12)22-11-23-26/h3-11,17-18H,1H2,2H3,(H,25,27)(H,22,23,24)/t17-,18+/m0/s1. The molecule has 2 aromatic carbocycles. The van der Waals surface area contributed by atoms with Crippen LogP contribution in [0.15, 0.2) is 67.1 Å². The van der Waals surface area contributed by atoms with Gasteiger partial charge in [-0.3, -0.25) is 4.79 Å². The van der Waals surface area contributed by atoms with Gasteiger partial charge in [-0.05, 0) is 42.0 Å². The molecule has 1 amide bonds. The second kappa shape index (κ2) is 7.36. The number of carbonyl (C=O) groups is 1. The topological polar surface area (TPSA) is 81.1 Å². The zero-order chi connectivity index (χ0) is 19.7. The van der Waals surface area contributed by atoms with Gasteiger partial charge in [0.05, 0.1) is 13.2 Å². The molecule has 2 heterocycles. The quantitative estimate of drug-likeness (QED) is 0.703. The summed E-state index contributed by atoms with van der Waals surface area (Å²) in [6.45, 7) is 4.06. The van der Waals surface area contributed by atoms with Gasteiger partial charge in [-0.15, -0.1) is 0 Å². The highest BCUT2D eigenvalue weighted by atomic mass is 35.5. The number of anilines is 2. The van der Waals surface area contributed by atoms with Crippen LogP contribution in [0.1, 0.15) is 11.6 Å². The Morgan fingerprint density at radius 2 is 2.07 bits per heavy atom. The third kappa shape index (κ3) is 3.32. The summed E-state index contributed by atoms with van der Waals surface area (Å²) >= 11 is 6.19. The number of benzene rings is 2. The monoisotopic (exact) mass is 395 g/mol. The average Bonchev–Trinajstić information content (AvgIpc) is 3.15. The maximum absolute atomic E-state index is 13.2. The first-order valence-electron chi connectivity index (χ1n) is 8.62. The van der Waals surface area contributed by atoms with E-state index in [4.69, 9.17) is 16.3 Å². The van der Waals surface area contributed by atoms with Crippen molar-refractivity contribution in [1.29, 1.82) is 0 Å². The Balaban J connectivity index is 1.70. The third-order valence-electron chi connectivity index (χ3n) is 4.63. The van der Waals surface area contributed by atoms with Gasteiger partial charge in [0.2, 0.25) is 11.9 Å². The molecule has 28 heavy (non-hydrogen) atoms. The van der Waals surface area contributed by atoms with Crippen LogP contribution < -0.4 is 15.4 Å². The Morgan fingerprint density at radius 3 is 2.79 bits per heavy atom. The lowest BCUT2D eigenvalue weighted by Crippen LogP contribution is -2.39. The first-order valence-corrected chi connectivity index (χ1v) is 9.00. The highest BCUT2D eigenvalue weighted by Gasteiger charge is 2.39. The Morgan fingerprint density at radius 1 is 1.29 bits per heavy atom. The fourth-order valence-corrected chi connectivity index (χ4v) is 3.52. The summed E-state index contributed by atoms with van der Waals surface area (Å²) in [5.74, 6) is 0.415. The summed E-state index contributed by atoms with van der Waals surface area (Å²) in [4.78, 5) is 17.4. The number of ether oxygens (including phenoxy) is 1.